The first kappa shape index (κ1) is 19.7. The summed E-state index contributed by atoms with van der Waals surface area (Å²) in [7, 11) is 0. The van der Waals surface area contributed by atoms with E-state index in [1.807, 2.05) is 12.2 Å². The van der Waals surface area contributed by atoms with Crippen LogP contribution in [-0.2, 0) is 30.5 Å². The predicted molar refractivity (Wildman–Crippen MR) is 95.9 cm³/mol. The molecule has 1 N–H and O–H groups in total. The van der Waals surface area contributed by atoms with Crippen LogP contribution in [0.4, 0.5) is 4.39 Å². The van der Waals surface area contributed by atoms with Gasteiger partial charge in [-0.25, -0.2) is 9.18 Å². The van der Waals surface area contributed by atoms with E-state index in [0.717, 1.165) is 4.90 Å². The smallest absolute Gasteiger partial charge is 0.329 e. The van der Waals surface area contributed by atoms with Gasteiger partial charge in [0, 0.05) is 12.1 Å². The normalized spacial score (nSPS) is 22.0. The van der Waals surface area contributed by atoms with Crippen molar-refractivity contribution in [2.75, 3.05) is 6.61 Å². The maximum atomic E-state index is 13.5. The zero-order valence-electron chi connectivity index (χ0n) is 15.4. The molecule has 1 saturated heterocycles. The van der Waals surface area contributed by atoms with Crippen molar-refractivity contribution in [2.45, 2.75) is 32.4 Å². The molecular weight excluding hydrogens is 367 g/mol. The Morgan fingerprint density at radius 2 is 1.79 bits per heavy atom. The molecule has 8 heteroatoms. The number of carbonyl (C=O) groups is 4. The first-order valence-electron chi connectivity index (χ1n) is 9.08. The minimum Gasteiger partial charge on any atom is -0.454 e. The largest absolute Gasteiger partial charge is 0.454 e. The van der Waals surface area contributed by atoms with E-state index in [9.17, 15) is 23.6 Å². The molecule has 1 aromatic rings. The molecule has 0 radical (unpaired) electrons. The van der Waals surface area contributed by atoms with Crippen molar-refractivity contribution < 1.29 is 28.3 Å². The van der Waals surface area contributed by atoms with Crippen LogP contribution in [0.5, 0.6) is 0 Å². The molecule has 1 aliphatic heterocycles. The Bertz CT molecular complexity index is 812. The average molecular weight is 388 g/mol. The molecule has 0 unspecified atom stereocenters. The number of carbonyl (C=O) groups excluding carboxylic acids is 4. The molecule has 1 aromatic carbocycles. The molecule has 1 heterocycles. The van der Waals surface area contributed by atoms with E-state index >= 15 is 0 Å². The van der Waals surface area contributed by atoms with E-state index in [1.165, 1.54) is 25.1 Å². The molecular formula is C20H21FN2O5. The summed E-state index contributed by atoms with van der Waals surface area (Å²) in [6, 6.07) is 4.88. The summed E-state index contributed by atoms with van der Waals surface area (Å²) in [6.45, 7) is 0.778. The molecule has 1 aliphatic carbocycles. The van der Waals surface area contributed by atoms with Crippen LogP contribution in [0.3, 0.4) is 0 Å². The monoisotopic (exact) mass is 388 g/mol. The van der Waals surface area contributed by atoms with E-state index in [0.29, 0.717) is 18.4 Å². The number of imide groups is 1. The molecule has 28 heavy (non-hydrogen) atoms. The Hall–Kier alpha value is -3.03. The van der Waals surface area contributed by atoms with Crippen molar-refractivity contribution in [3.63, 3.8) is 0 Å². The molecule has 3 rings (SSSR count). The van der Waals surface area contributed by atoms with Crippen LogP contribution in [0, 0.1) is 17.7 Å². The summed E-state index contributed by atoms with van der Waals surface area (Å²) >= 11 is 0. The maximum Gasteiger partial charge on any atom is 0.329 e. The highest BCUT2D eigenvalue weighted by Crippen LogP contribution is 2.36. The number of halogens is 1. The Labute approximate surface area is 161 Å². The van der Waals surface area contributed by atoms with Crippen LogP contribution >= 0.6 is 0 Å². The highest BCUT2D eigenvalue weighted by Gasteiger charge is 2.50. The van der Waals surface area contributed by atoms with E-state index < -0.39 is 42.2 Å². The number of nitrogens with zero attached hydrogens (tertiary/aromatic N) is 1. The Morgan fingerprint density at radius 1 is 1.18 bits per heavy atom. The number of fused-ring (bicyclic) bond motifs is 1. The van der Waals surface area contributed by atoms with Crippen molar-refractivity contribution in [1.29, 1.82) is 0 Å². The van der Waals surface area contributed by atoms with Crippen LogP contribution in [-0.4, -0.2) is 41.2 Å². The summed E-state index contributed by atoms with van der Waals surface area (Å²) in [5.41, 5.74) is 0.306. The third kappa shape index (κ3) is 3.95. The topological polar surface area (TPSA) is 92.8 Å². The molecule has 148 valence electrons. The van der Waals surface area contributed by atoms with E-state index in [1.54, 1.807) is 6.07 Å². The van der Waals surface area contributed by atoms with Gasteiger partial charge in [0.25, 0.3) is 5.91 Å². The molecule has 2 aliphatic rings. The van der Waals surface area contributed by atoms with Gasteiger partial charge in [0.15, 0.2) is 6.61 Å². The van der Waals surface area contributed by atoms with Gasteiger partial charge in [-0.3, -0.25) is 19.3 Å². The van der Waals surface area contributed by atoms with Crippen LogP contribution in [0.25, 0.3) is 0 Å². The third-order valence-electron chi connectivity index (χ3n) is 5.05. The first-order chi connectivity index (χ1) is 13.4. The number of esters is 1. The fourth-order valence-corrected chi connectivity index (χ4v) is 3.46. The lowest BCUT2D eigenvalue weighted by atomic mass is 9.85. The van der Waals surface area contributed by atoms with Gasteiger partial charge < -0.3 is 10.1 Å². The second-order valence-corrected chi connectivity index (χ2v) is 6.85. The maximum absolute atomic E-state index is 13.5. The minimum atomic E-state index is -1.11. The van der Waals surface area contributed by atoms with E-state index in [4.69, 9.17) is 4.74 Å². The van der Waals surface area contributed by atoms with Crippen molar-refractivity contribution >= 4 is 23.7 Å². The van der Waals surface area contributed by atoms with Crippen molar-refractivity contribution in [3.05, 3.63) is 47.8 Å². The molecule has 0 spiro atoms. The van der Waals surface area contributed by atoms with Gasteiger partial charge in [0.1, 0.15) is 11.9 Å². The van der Waals surface area contributed by atoms with Crippen LogP contribution < -0.4 is 5.32 Å². The number of allylic oxidation sites excluding steroid dienone is 2. The molecule has 3 amide bonds. The highest BCUT2D eigenvalue weighted by molar-refractivity contribution is 6.08. The molecule has 1 fully saturated rings. The standard InChI is InChI=1S/C20H21FN2O5/c1-12(23-18(25)14-7-3-4-8-15(14)19(23)26)20(27)28-11-17(24)22-10-13-6-2-5-9-16(13)21/h2-6,9,12,14-15H,7-8,10-11H2,1H3,(H,22,24)/t12-,14-,15+/m0/s1. The Morgan fingerprint density at radius 3 is 2.39 bits per heavy atom. The number of hydrogen-bond donors (Lipinski definition) is 1. The van der Waals surface area contributed by atoms with Crippen LogP contribution in [0.2, 0.25) is 0 Å². The lowest BCUT2D eigenvalue weighted by Gasteiger charge is -2.21. The molecule has 0 saturated carbocycles. The van der Waals surface area contributed by atoms with Gasteiger partial charge in [-0.15, -0.1) is 0 Å². The number of hydrogen-bond acceptors (Lipinski definition) is 5. The van der Waals surface area contributed by atoms with E-state index in [-0.39, 0.29) is 18.4 Å². The zero-order chi connectivity index (χ0) is 20.3. The number of likely N-dealkylation sites (tertiary alicyclic amines) is 1. The quantitative estimate of drug-likeness (QED) is 0.451. The number of nitrogens with one attached hydrogen (secondary N) is 1. The van der Waals surface area contributed by atoms with Gasteiger partial charge in [-0.05, 0) is 25.8 Å². The number of amides is 3. The van der Waals surface area contributed by atoms with Crippen molar-refractivity contribution in [1.82, 2.24) is 10.2 Å². The van der Waals surface area contributed by atoms with Gasteiger partial charge in [-0.2, -0.15) is 0 Å². The number of benzene rings is 1. The summed E-state index contributed by atoms with van der Waals surface area (Å²) in [4.78, 5) is 50.0. The fourth-order valence-electron chi connectivity index (χ4n) is 3.46. The van der Waals surface area contributed by atoms with Crippen molar-refractivity contribution in [3.8, 4) is 0 Å². The lowest BCUT2D eigenvalue weighted by Crippen LogP contribution is -2.45. The average Bonchev–Trinajstić information content (AvgIpc) is 2.95. The van der Waals surface area contributed by atoms with Gasteiger partial charge >= 0.3 is 5.97 Å². The fraction of sp³-hybridized carbons (Fsp3) is 0.400. The van der Waals surface area contributed by atoms with Gasteiger partial charge in [0.2, 0.25) is 11.8 Å². The lowest BCUT2D eigenvalue weighted by molar-refractivity contribution is -0.159. The predicted octanol–water partition coefficient (Wildman–Crippen LogP) is 1.32. The Balaban J connectivity index is 1.50. The Kier molecular flexibility index (Phi) is 5.87. The summed E-state index contributed by atoms with van der Waals surface area (Å²) in [5, 5.41) is 2.45. The second-order valence-electron chi connectivity index (χ2n) is 6.85. The van der Waals surface area contributed by atoms with Gasteiger partial charge in [0.05, 0.1) is 11.8 Å². The summed E-state index contributed by atoms with van der Waals surface area (Å²) in [5.74, 6) is -3.53. The molecule has 0 aromatic heterocycles. The van der Waals surface area contributed by atoms with Gasteiger partial charge in [-0.1, -0.05) is 30.4 Å². The third-order valence-corrected chi connectivity index (χ3v) is 5.05. The highest BCUT2D eigenvalue weighted by atomic mass is 19.1. The zero-order valence-corrected chi connectivity index (χ0v) is 15.4. The molecule has 0 bridgehead atoms. The summed E-state index contributed by atoms with van der Waals surface area (Å²) in [6.07, 6.45) is 4.68. The van der Waals surface area contributed by atoms with Crippen molar-refractivity contribution in [2.24, 2.45) is 11.8 Å². The molecule has 7 nitrogen and oxygen atoms in total. The summed E-state index contributed by atoms with van der Waals surface area (Å²) < 4.78 is 18.5. The number of rotatable bonds is 6. The van der Waals surface area contributed by atoms with Crippen LogP contribution in [0.1, 0.15) is 25.3 Å². The first-order valence-corrected chi connectivity index (χ1v) is 9.08. The second kappa shape index (κ2) is 8.33. The van der Waals surface area contributed by atoms with Crippen LogP contribution in [0.15, 0.2) is 36.4 Å². The minimum absolute atomic E-state index is 0.0436. The van der Waals surface area contributed by atoms with E-state index in [2.05, 4.69) is 5.32 Å². The SMILES string of the molecule is C[C@@H](C(=O)OCC(=O)NCc1ccccc1F)N1C(=O)[C@H]2CC=CC[C@H]2C1=O. The number of ether oxygens (including phenoxy) is 1. The molecule has 3 atom stereocenters.